The SMILES string of the molecule is O=C([O-])c1ccc2c(c1)C(=O)N(CCCCCCCN1C(=O)c3ccc(C(=O)[O-])cc3C1=O)C2=O. The molecule has 0 fully saturated rings. The molecule has 0 saturated heterocycles. The third-order valence-corrected chi connectivity index (χ3v) is 6.18. The van der Waals surface area contributed by atoms with Gasteiger partial charge in [-0.3, -0.25) is 29.0 Å². The predicted molar refractivity (Wildman–Crippen MR) is 115 cm³/mol. The van der Waals surface area contributed by atoms with Crippen molar-refractivity contribution in [3.8, 4) is 0 Å². The Kier molecular flexibility index (Phi) is 6.46. The Hall–Kier alpha value is -4.34. The Morgan fingerprint density at radius 2 is 0.886 bits per heavy atom. The van der Waals surface area contributed by atoms with Crippen molar-refractivity contribution in [3.63, 3.8) is 0 Å². The molecule has 0 bridgehead atoms. The standard InChI is InChI=1S/C25H22N2O8/c28-20-16-8-6-14(24(32)33)12-18(16)22(30)26(20)10-4-2-1-3-5-11-27-21(29)17-9-7-15(25(34)35)13-19(17)23(27)31/h6-9,12-13H,1-5,10-11H2,(H,32,33)(H,34,35)/p-2. The number of hydrogen-bond acceptors (Lipinski definition) is 8. The van der Waals surface area contributed by atoms with Crippen LogP contribution < -0.4 is 10.2 Å². The molecule has 0 aliphatic carbocycles. The van der Waals surface area contributed by atoms with Crippen LogP contribution in [-0.2, 0) is 0 Å². The van der Waals surface area contributed by atoms with Crippen molar-refractivity contribution < 1.29 is 39.0 Å². The maximum absolute atomic E-state index is 12.5. The number of benzene rings is 2. The zero-order valence-corrected chi connectivity index (χ0v) is 18.6. The van der Waals surface area contributed by atoms with Crippen LogP contribution >= 0.6 is 0 Å². The predicted octanol–water partition coefficient (Wildman–Crippen LogP) is 0.256. The summed E-state index contributed by atoms with van der Waals surface area (Å²) in [5, 5.41) is 22.0. The van der Waals surface area contributed by atoms with Crippen molar-refractivity contribution in [2.24, 2.45) is 0 Å². The molecule has 0 aromatic heterocycles. The third kappa shape index (κ3) is 4.42. The highest BCUT2D eigenvalue weighted by molar-refractivity contribution is 6.22. The van der Waals surface area contributed by atoms with Gasteiger partial charge in [0.15, 0.2) is 0 Å². The zero-order valence-electron chi connectivity index (χ0n) is 18.6. The molecular formula is C25H20N2O8-2. The third-order valence-electron chi connectivity index (χ3n) is 6.18. The first-order valence-electron chi connectivity index (χ1n) is 11.1. The minimum atomic E-state index is -1.42. The summed E-state index contributed by atoms with van der Waals surface area (Å²) in [7, 11) is 0. The van der Waals surface area contributed by atoms with Crippen molar-refractivity contribution in [1.29, 1.82) is 0 Å². The molecule has 0 radical (unpaired) electrons. The number of carbonyl (C=O) groups is 6. The topological polar surface area (TPSA) is 155 Å². The number of carbonyl (C=O) groups excluding carboxylic acids is 6. The van der Waals surface area contributed by atoms with Crippen molar-refractivity contribution in [3.05, 3.63) is 69.8 Å². The number of amides is 4. The quantitative estimate of drug-likeness (QED) is 0.349. The fourth-order valence-corrected chi connectivity index (χ4v) is 4.31. The molecule has 0 atom stereocenters. The van der Waals surface area contributed by atoms with Gasteiger partial charge in [0.25, 0.3) is 23.6 Å². The van der Waals surface area contributed by atoms with Crippen molar-refractivity contribution in [2.75, 3.05) is 13.1 Å². The molecule has 0 spiro atoms. The van der Waals surface area contributed by atoms with Gasteiger partial charge < -0.3 is 19.8 Å². The Balaban J connectivity index is 1.21. The van der Waals surface area contributed by atoms with Gasteiger partial charge in [0, 0.05) is 13.1 Å². The van der Waals surface area contributed by atoms with Crippen LogP contribution in [-0.4, -0.2) is 58.5 Å². The number of aromatic carboxylic acids is 2. The van der Waals surface area contributed by atoms with E-state index in [1.54, 1.807) is 0 Å². The van der Waals surface area contributed by atoms with E-state index in [9.17, 15) is 39.0 Å². The lowest BCUT2D eigenvalue weighted by molar-refractivity contribution is -0.256. The maximum atomic E-state index is 12.5. The normalized spacial score (nSPS) is 14.5. The number of carboxylic acid groups (broad SMARTS) is 2. The van der Waals surface area contributed by atoms with Gasteiger partial charge in [0.1, 0.15) is 0 Å². The maximum Gasteiger partial charge on any atom is 0.261 e. The van der Waals surface area contributed by atoms with Gasteiger partial charge >= 0.3 is 0 Å². The largest absolute Gasteiger partial charge is 0.545 e. The minimum Gasteiger partial charge on any atom is -0.545 e. The molecule has 10 nitrogen and oxygen atoms in total. The Labute approximate surface area is 199 Å². The van der Waals surface area contributed by atoms with E-state index in [0.29, 0.717) is 25.7 Å². The van der Waals surface area contributed by atoms with Gasteiger partial charge in [-0.05, 0) is 48.2 Å². The first-order chi connectivity index (χ1) is 16.7. The second kappa shape index (κ2) is 9.49. The van der Waals surface area contributed by atoms with E-state index in [-0.39, 0.29) is 46.5 Å². The molecule has 2 aliphatic rings. The molecule has 2 aliphatic heterocycles. The molecule has 4 rings (SSSR count). The highest BCUT2D eigenvalue weighted by atomic mass is 16.4. The summed E-state index contributed by atoms with van der Waals surface area (Å²) in [6.07, 6.45) is 3.26. The number of nitrogens with zero attached hydrogens (tertiary/aromatic N) is 2. The highest BCUT2D eigenvalue weighted by Gasteiger charge is 2.36. The second-order valence-corrected chi connectivity index (χ2v) is 8.39. The van der Waals surface area contributed by atoms with E-state index >= 15 is 0 Å². The average molecular weight is 476 g/mol. The van der Waals surface area contributed by atoms with E-state index in [2.05, 4.69) is 0 Å². The van der Waals surface area contributed by atoms with Crippen LogP contribution in [0.25, 0.3) is 0 Å². The van der Waals surface area contributed by atoms with Crippen LogP contribution in [0.15, 0.2) is 36.4 Å². The lowest BCUT2D eigenvalue weighted by Gasteiger charge is -2.14. The summed E-state index contributed by atoms with van der Waals surface area (Å²) in [4.78, 5) is 74.1. The molecule has 2 heterocycles. The van der Waals surface area contributed by atoms with Gasteiger partial charge in [-0.25, -0.2) is 0 Å². The zero-order chi connectivity index (χ0) is 25.3. The van der Waals surface area contributed by atoms with E-state index in [0.717, 1.165) is 28.4 Å². The monoisotopic (exact) mass is 476 g/mol. The van der Waals surface area contributed by atoms with E-state index in [1.165, 1.54) is 24.3 Å². The fraction of sp³-hybridized carbons (Fsp3) is 0.280. The minimum absolute atomic E-state index is 0.0596. The van der Waals surface area contributed by atoms with Crippen molar-refractivity contribution in [1.82, 2.24) is 9.80 Å². The van der Waals surface area contributed by atoms with Crippen molar-refractivity contribution >= 4 is 35.6 Å². The smallest absolute Gasteiger partial charge is 0.261 e. The summed E-state index contributed by atoms with van der Waals surface area (Å²) >= 11 is 0. The number of imide groups is 2. The number of hydrogen-bond donors (Lipinski definition) is 0. The summed E-state index contributed by atoms with van der Waals surface area (Å²) in [5.41, 5.74) is 0.141. The van der Waals surface area contributed by atoms with Crippen LogP contribution in [0.2, 0.25) is 0 Å². The number of unbranched alkanes of at least 4 members (excludes halogenated alkanes) is 4. The fourth-order valence-electron chi connectivity index (χ4n) is 4.31. The number of rotatable bonds is 10. The first-order valence-corrected chi connectivity index (χ1v) is 11.1. The average Bonchev–Trinajstić information content (AvgIpc) is 3.22. The molecule has 180 valence electrons. The summed E-state index contributed by atoms with van der Waals surface area (Å²) in [5.74, 6) is -4.81. The molecule has 2 aromatic carbocycles. The Morgan fingerprint density at radius 1 is 0.543 bits per heavy atom. The summed E-state index contributed by atoms with van der Waals surface area (Å²) < 4.78 is 0. The van der Waals surface area contributed by atoms with Crippen LogP contribution in [0.3, 0.4) is 0 Å². The second-order valence-electron chi connectivity index (χ2n) is 8.39. The van der Waals surface area contributed by atoms with Crippen LogP contribution in [0, 0.1) is 0 Å². The molecule has 2 aromatic rings. The van der Waals surface area contributed by atoms with Gasteiger partial charge in [0.05, 0.1) is 34.2 Å². The summed E-state index contributed by atoms with van der Waals surface area (Å²) in [6, 6.07) is 7.42. The molecule has 0 saturated carbocycles. The number of carboxylic acids is 2. The lowest BCUT2D eigenvalue weighted by atomic mass is 10.1. The first kappa shape index (κ1) is 23.8. The molecule has 4 amide bonds. The van der Waals surface area contributed by atoms with Gasteiger partial charge in [-0.2, -0.15) is 0 Å². The molecule has 0 N–H and O–H groups in total. The molecular weight excluding hydrogens is 456 g/mol. The van der Waals surface area contributed by atoms with Crippen molar-refractivity contribution in [2.45, 2.75) is 32.1 Å². The van der Waals surface area contributed by atoms with E-state index < -0.39 is 35.6 Å². The van der Waals surface area contributed by atoms with Gasteiger partial charge in [-0.1, -0.05) is 31.4 Å². The van der Waals surface area contributed by atoms with Crippen LogP contribution in [0.1, 0.15) is 94.3 Å². The Morgan fingerprint density at radius 3 is 1.26 bits per heavy atom. The van der Waals surface area contributed by atoms with Crippen LogP contribution in [0.4, 0.5) is 0 Å². The van der Waals surface area contributed by atoms with Gasteiger partial charge in [-0.15, -0.1) is 0 Å². The molecule has 35 heavy (non-hydrogen) atoms. The van der Waals surface area contributed by atoms with E-state index in [1.807, 2.05) is 0 Å². The molecule has 10 heteroatoms. The van der Waals surface area contributed by atoms with E-state index in [4.69, 9.17) is 0 Å². The van der Waals surface area contributed by atoms with Crippen LogP contribution in [0.5, 0.6) is 0 Å². The molecule has 0 unspecified atom stereocenters. The lowest BCUT2D eigenvalue weighted by Crippen LogP contribution is -2.31. The van der Waals surface area contributed by atoms with Gasteiger partial charge in [0.2, 0.25) is 0 Å². The number of fused-ring (bicyclic) bond motifs is 2. The highest BCUT2D eigenvalue weighted by Crippen LogP contribution is 2.26. The Bertz CT molecular complexity index is 1180. The summed E-state index contributed by atoms with van der Waals surface area (Å²) in [6.45, 7) is 0.401.